The van der Waals surface area contributed by atoms with Gasteiger partial charge in [-0.15, -0.1) is 0 Å². The molecular weight excluding hydrogens is 282 g/mol. The van der Waals surface area contributed by atoms with Gasteiger partial charge >= 0.3 is 0 Å². The molecule has 0 spiro atoms. The van der Waals surface area contributed by atoms with Gasteiger partial charge in [0, 0.05) is 35.8 Å². The van der Waals surface area contributed by atoms with Crippen molar-refractivity contribution >= 4 is 27.9 Å². The summed E-state index contributed by atoms with van der Waals surface area (Å²) in [6.07, 6.45) is 2.54. The molecule has 0 aromatic heterocycles. The van der Waals surface area contributed by atoms with Gasteiger partial charge in [-0.2, -0.15) is 11.8 Å². The van der Waals surface area contributed by atoms with Crippen molar-refractivity contribution in [3.05, 3.63) is 0 Å². The number of carbonyl (C=O) groups excluding carboxylic acids is 1. The molecular formula is C13H25NO3S2. The third-order valence-corrected chi connectivity index (χ3v) is 7.52. The van der Waals surface area contributed by atoms with E-state index in [-0.39, 0.29) is 5.75 Å². The van der Waals surface area contributed by atoms with Gasteiger partial charge in [0.1, 0.15) is 11.7 Å². The molecule has 1 heterocycles. The van der Waals surface area contributed by atoms with Crippen LogP contribution in [0.5, 0.6) is 0 Å². The first-order valence-electron chi connectivity index (χ1n) is 6.94. The van der Waals surface area contributed by atoms with Crippen molar-refractivity contribution in [2.24, 2.45) is 5.41 Å². The summed E-state index contributed by atoms with van der Waals surface area (Å²) < 4.78 is 24.3. The van der Waals surface area contributed by atoms with Crippen LogP contribution in [0.15, 0.2) is 0 Å². The number of rotatable bonds is 7. The van der Waals surface area contributed by atoms with E-state index < -0.39 is 20.6 Å². The Bertz CT molecular complexity index is 391. The van der Waals surface area contributed by atoms with Crippen LogP contribution in [0, 0.1) is 5.41 Å². The molecule has 19 heavy (non-hydrogen) atoms. The number of nitrogens with zero attached hydrogens (tertiary/aromatic N) is 1. The first-order chi connectivity index (χ1) is 8.94. The second kappa shape index (κ2) is 7.09. The number of aldehydes is 1. The van der Waals surface area contributed by atoms with Crippen LogP contribution >= 0.6 is 11.8 Å². The molecule has 0 N–H and O–H groups in total. The van der Waals surface area contributed by atoms with Gasteiger partial charge in [0.2, 0.25) is 0 Å². The largest absolute Gasteiger partial charge is 0.303 e. The van der Waals surface area contributed by atoms with E-state index in [2.05, 4.69) is 0 Å². The highest BCUT2D eigenvalue weighted by Gasteiger charge is 2.37. The van der Waals surface area contributed by atoms with Crippen LogP contribution in [0.4, 0.5) is 0 Å². The summed E-state index contributed by atoms with van der Waals surface area (Å²) in [7, 11) is -3.08. The average Bonchev–Trinajstić information content (AvgIpc) is 2.45. The molecule has 1 atom stereocenters. The number of sulfone groups is 1. The topological polar surface area (TPSA) is 54.5 Å². The fourth-order valence-corrected chi connectivity index (χ4v) is 5.48. The van der Waals surface area contributed by atoms with E-state index in [1.165, 1.54) is 0 Å². The van der Waals surface area contributed by atoms with Crippen LogP contribution in [0.25, 0.3) is 0 Å². The minimum Gasteiger partial charge on any atom is -0.303 e. The summed E-state index contributed by atoms with van der Waals surface area (Å²) >= 11 is 1.69. The zero-order valence-electron chi connectivity index (χ0n) is 12.1. The Balaban J connectivity index is 2.92. The lowest BCUT2D eigenvalue weighted by Crippen LogP contribution is -2.52. The maximum absolute atomic E-state index is 12.2. The van der Waals surface area contributed by atoms with Crippen LogP contribution in [-0.2, 0) is 14.6 Å². The molecule has 1 unspecified atom stereocenters. The Labute approximate surface area is 121 Å². The van der Waals surface area contributed by atoms with Gasteiger partial charge in [0.25, 0.3) is 0 Å². The zero-order chi connectivity index (χ0) is 14.5. The number of hydrogen-bond acceptors (Lipinski definition) is 5. The Morgan fingerprint density at radius 3 is 2.42 bits per heavy atom. The summed E-state index contributed by atoms with van der Waals surface area (Å²) in [5, 5.41) is -0.423. The third kappa shape index (κ3) is 3.95. The fraction of sp³-hybridized carbons (Fsp3) is 0.923. The van der Waals surface area contributed by atoms with E-state index in [0.717, 1.165) is 31.4 Å². The van der Waals surface area contributed by atoms with E-state index >= 15 is 0 Å². The second-order valence-electron chi connectivity index (χ2n) is 5.14. The van der Waals surface area contributed by atoms with Gasteiger partial charge < -0.3 is 4.79 Å². The Morgan fingerprint density at radius 2 is 1.95 bits per heavy atom. The number of thioether (sulfide) groups is 1. The Hall–Kier alpha value is -0.0700. The molecule has 0 bridgehead atoms. The van der Waals surface area contributed by atoms with Crippen LogP contribution < -0.4 is 0 Å². The van der Waals surface area contributed by atoms with E-state index in [1.54, 1.807) is 18.7 Å². The van der Waals surface area contributed by atoms with Crippen LogP contribution in [-0.4, -0.2) is 55.3 Å². The highest BCUT2D eigenvalue weighted by molar-refractivity contribution is 8.01. The first-order valence-corrected chi connectivity index (χ1v) is 9.81. The van der Waals surface area contributed by atoms with Crippen molar-refractivity contribution < 1.29 is 13.2 Å². The van der Waals surface area contributed by atoms with E-state index in [9.17, 15) is 13.2 Å². The molecule has 0 aromatic carbocycles. The van der Waals surface area contributed by atoms with Gasteiger partial charge in [-0.25, -0.2) is 8.42 Å². The molecule has 0 aromatic rings. The molecule has 0 saturated carbocycles. The highest BCUT2D eigenvalue weighted by Crippen LogP contribution is 2.29. The molecule has 4 nitrogen and oxygen atoms in total. The van der Waals surface area contributed by atoms with Crippen LogP contribution in [0.2, 0.25) is 0 Å². The summed E-state index contributed by atoms with van der Waals surface area (Å²) in [6.45, 7) is 7.01. The Kier molecular flexibility index (Phi) is 6.33. The molecule has 1 saturated heterocycles. The molecule has 0 aliphatic carbocycles. The summed E-state index contributed by atoms with van der Waals surface area (Å²) in [5.74, 6) is 1.73. The standard InChI is InChI=1S/C13H25NO3S2/c1-4-13(5-2,11-15)10-14-7-8-18-9-12(14)19(16,17)6-3/h11-12H,4-10H2,1-3H3. The van der Waals surface area contributed by atoms with Gasteiger partial charge in [-0.05, 0) is 12.8 Å². The first kappa shape index (κ1) is 17.0. The monoisotopic (exact) mass is 307 g/mol. The molecule has 0 amide bonds. The Morgan fingerprint density at radius 1 is 1.32 bits per heavy atom. The predicted octanol–water partition coefficient (Wildman–Crippen LogP) is 1.80. The van der Waals surface area contributed by atoms with E-state index in [1.807, 2.05) is 18.7 Å². The predicted molar refractivity (Wildman–Crippen MR) is 81.2 cm³/mol. The lowest BCUT2D eigenvalue weighted by Gasteiger charge is -2.39. The summed E-state index contributed by atoms with van der Waals surface area (Å²) in [5.41, 5.74) is -0.399. The van der Waals surface area contributed by atoms with Crippen molar-refractivity contribution in [2.75, 3.05) is 30.3 Å². The van der Waals surface area contributed by atoms with Crippen molar-refractivity contribution in [3.8, 4) is 0 Å². The second-order valence-corrected chi connectivity index (χ2v) is 8.74. The number of carbonyl (C=O) groups is 1. The summed E-state index contributed by atoms with van der Waals surface area (Å²) in [4.78, 5) is 13.4. The van der Waals surface area contributed by atoms with Crippen molar-refractivity contribution in [2.45, 2.75) is 39.0 Å². The summed E-state index contributed by atoms with van der Waals surface area (Å²) in [6, 6.07) is 0. The maximum atomic E-state index is 12.2. The lowest BCUT2D eigenvalue weighted by atomic mass is 9.83. The van der Waals surface area contributed by atoms with Crippen molar-refractivity contribution in [1.29, 1.82) is 0 Å². The van der Waals surface area contributed by atoms with Crippen molar-refractivity contribution in [1.82, 2.24) is 4.90 Å². The van der Waals surface area contributed by atoms with E-state index in [0.29, 0.717) is 12.3 Å². The molecule has 1 rings (SSSR count). The quantitative estimate of drug-likeness (QED) is 0.671. The van der Waals surface area contributed by atoms with Crippen LogP contribution in [0.3, 0.4) is 0 Å². The van der Waals surface area contributed by atoms with E-state index in [4.69, 9.17) is 0 Å². The van der Waals surface area contributed by atoms with Gasteiger partial charge in [0.15, 0.2) is 9.84 Å². The average molecular weight is 307 g/mol. The van der Waals surface area contributed by atoms with Gasteiger partial charge in [-0.1, -0.05) is 20.8 Å². The van der Waals surface area contributed by atoms with Gasteiger partial charge in [-0.3, -0.25) is 4.90 Å². The van der Waals surface area contributed by atoms with Crippen LogP contribution in [0.1, 0.15) is 33.6 Å². The highest BCUT2D eigenvalue weighted by atomic mass is 32.2. The molecule has 1 aliphatic rings. The minimum absolute atomic E-state index is 0.168. The zero-order valence-corrected chi connectivity index (χ0v) is 13.7. The molecule has 0 radical (unpaired) electrons. The third-order valence-electron chi connectivity index (χ3n) is 4.18. The fourth-order valence-electron chi connectivity index (χ4n) is 2.40. The van der Waals surface area contributed by atoms with Crippen molar-refractivity contribution in [3.63, 3.8) is 0 Å². The molecule has 6 heteroatoms. The molecule has 1 aliphatic heterocycles. The lowest BCUT2D eigenvalue weighted by molar-refractivity contribution is -0.117. The molecule has 112 valence electrons. The number of hydrogen-bond donors (Lipinski definition) is 0. The smallest absolute Gasteiger partial charge is 0.166 e. The normalized spacial score (nSPS) is 22.4. The SMILES string of the molecule is CCC(C=O)(CC)CN1CCSCC1S(=O)(=O)CC. The molecule has 1 fully saturated rings. The van der Waals surface area contributed by atoms with Gasteiger partial charge in [0.05, 0.1) is 0 Å². The minimum atomic E-state index is -3.08. The maximum Gasteiger partial charge on any atom is 0.166 e.